The van der Waals surface area contributed by atoms with Crippen molar-refractivity contribution in [3.8, 4) is 0 Å². The number of rotatable bonds is 4. The van der Waals surface area contributed by atoms with Gasteiger partial charge in [0.15, 0.2) is 0 Å². The van der Waals surface area contributed by atoms with Crippen molar-refractivity contribution >= 4 is 6.08 Å². The molecule has 13 heavy (non-hydrogen) atoms. The normalized spacial score (nSPS) is 13.4. The zero-order chi connectivity index (χ0) is 9.52. The summed E-state index contributed by atoms with van der Waals surface area (Å²) in [4.78, 5) is 0. The second kappa shape index (κ2) is 5.51. The summed E-state index contributed by atoms with van der Waals surface area (Å²) in [5.41, 5.74) is 6.57. The van der Waals surface area contributed by atoms with Crippen molar-refractivity contribution in [2.24, 2.45) is 11.7 Å². The molecule has 0 aliphatic rings. The molecule has 0 aliphatic heterocycles. The molecule has 70 valence electrons. The summed E-state index contributed by atoms with van der Waals surface area (Å²) in [7, 11) is 0. The minimum atomic E-state index is 0.0696. The smallest absolute Gasteiger partial charge is 0.0506 e. The van der Waals surface area contributed by atoms with Gasteiger partial charge in [-0.1, -0.05) is 42.5 Å². The molecule has 0 aromatic heterocycles. The van der Waals surface area contributed by atoms with Crippen molar-refractivity contribution < 1.29 is 5.11 Å². The van der Waals surface area contributed by atoms with E-state index in [0.717, 1.165) is 5.56 Å². The third-order valence-corrected chi connectivity index (χ3v) is 1.90. The van der Waals surface area contributed by atoms with E-state index in [2.05, 4.69) is 0 Å². The van der Waals surface area contributed by atoms with Crippen molar-refractivity contribution in [2.75, 3.05) is 13.2 Å². The van der Waals surface area contributed by atoms with Crippen LogP contribution in [0.5, 0.6) is 0 Å². The van der Waals surface area contributed by atoms with Gasteiger partial charge in [-0.15, -0.1) is 0 Å². The Morgan fingerprint density at radius 1 is 1.31 bits per heavy atom. The second-order valence-electron chi connectivity index (χ2n) is 2.95. The first-order valence-corrected chi connectivity index (χ1v) is 4.41. The zero-order valence-electron chi connectivity index (χ0n) is 7.56. The number of aliphatic hydroxyl groups is 1. The molecule has 1 aromatic carbocycles. The topological polar surface area (TPSA) is 46.2 Å². The van der Waals surface area contributed by atoms with Gasteiger partial charge in [0, 0.05) is 12.5 Å². The molecule has 0 aliphatic carbocycles. The van der Waals surface area contributed by atoms with Crippen LogP contribution in [0.4, 0.5) is 0 Å². The predicted octanol–water partition coefficient (Wildman–Crippen LogP) is 1.27. The Kier molecular flexibility index (Phi) is 4.23. The summed E-state index contributed by atoms with van der Waals surface area (Å²) in [5, 5.41) is 8.87. The maximum Gasteiger partial charge on any atom is 0.0506 e. The van der Waals surface area contributed by atoms with Crippen molar-refractivity contribution in [3.05, 3.63) is 42.0 Å². The molecule has 0 saturated carbocycles. The third-order valence-electron chi connectivity index (χ3n) is 1.90. The summed E-state index contributed by atoms with van der Waals surface area (Å²) in [6.45, 7) is 0.597. The van der Waals surface area contributed by atoms with E-state index in [1.165, 1.54) is 0 Å². The van der Waals surface area contributed by atoms with E-state index in [1.54, 1.807) is 0 Å². The Morgan fingerprint density at radius 3 is 2.54 bits per heavy atom. The minimum Gasteiger partial charge on any atom is -0.396 e. The molecular formula is C11H15NO. The average Bonchev–Trinajstić information content (AvgIpc) is 2.21. The largest absolute Gasteiger partial charge is 0.396 e. The van der Waals surface area contributed by atoms with Gasteiger partial charge >= 0.3 is 0 Å². The van der Waals surface area contributed by atoms with Crippen LogP contribution in [0.25, 0.3) is 6.08 Å². The number of hydrogen-bond acceptors (Lipinski definition) is 2. The standard InChI is InChI=1S/C11H15NO/c12-8-11(9-13)7-6-10-4-2-1-3-5-10/h1-7,11,13H,8-9,12H2/b7-6+. The van der Waals surface area contributed by atoms with Gasteiger partial charge in [0.25, 0.3) is 0 Å². The molecule has 3 N–H and O–H groups in total. The molecule has 0 spiro atoms. The quantitative estimate of drug-likeness (QED) is 0.727. The van der Waals surface area contributed by atoms with E-state index in [-0.39, 0.29) is 12.5 Å². The molecule has 0 heterocycles. The monoisotopic (exact) mass is 177 g/mol. The van der Waals surface area contributed by atoms with Gasteiger partial charge in [-0.3, -0.25) is 0 Å². The lowest BCUT2D eigenvalue weighted by Gasteiger charge is -2.03. The SMILES string of the molecule is NCC(/C=C/c1ccccc1)CO. The summed E-state index contributed by atoms with van der Waals surface area (Å²) < 4.78 is 0. The average molecular weight is 177 g/mol. The van der Waals surface area contributed by atoms with Gasteiger partial charge < -0.3 is 10.8 Å². The Bertz CT molecular complexity index is 252. The number of benzene rings is 1. The Hall–Kier alpha value is -1.12. The Balaban J connectivity index is 2.57. The van der Waals surface area contributed by atoms with Gasteiger partial charge in [0.05, 0.1) is 6.61 Å². The van der Waals surface area contributed by atoms with Crippen molar-refractivity contribution in [1.29, 1.82) is 0 Å². The molecule has 2 nitrogen and oxygen atoms in total. The van der Waals surface area contributed by atoms with Gasteiger partial charge in [0.1, 0.15) is 0 Å². The summed E-state index contributed by atoms with van der Waals surface area (Å²) in [6.07, 6.45) is 3.92. The van der Waals surface area contributed by atoms with E-state index in [1.807, 2.05) is 42.5 Å². The van der Waals surface area contributed by atoms with Crippen molar-refractivity contribution in [2.45, 2.75) is 0 Å². The molecule has 2 heteroatoms. The lowest BCUT2D eigenvalue weighted by atomic mass is 10.1. The van der Waals surface area contributed by atoms with Crippen LogP contribution in [0.2, 0.25) is 0 Å². The van der Waals surface area contributed by atoms with Crippen LogP contribution >= 0.6 is 0 Å². The maximum atomic E-state index is 8.87. The summed E-state index contributed by atoms with van der Waals surface area (Å²) in [5.74, 6) is 0.0696. The van der Waals surface area contributed by atoms with Gasteiger partial charge in [-0.25, -0.2) is 0 Å². The zero-order valence-corrected chi connectivity index (χ0v) is 7.56. The fourth-order valence-corrected chi connectivity index (χ4v) is 1.03. The first-order chi connectivity index (χ1) is 6.36. The lowest BCUT2D eigenvalue weighted by molar-refractivity contribution is 0.256. The van der Waals surface area contributed by atoms with Crippen LogP contribution < -0.4 is 5.73 Å². The lowest BCUT2D eigenvalue weighted by Crippen LogP contribution is -2.15. The highest BCUT2D eigenvalue weighted by atomic mass is 16.3. The Morgan fingerprint density at radius 2 is 2.00 bits per heavy atom. The highest BCUT2D eigenvalue weighted by molar-refractivity contribution is 5.48. The minimum absolute atomic E-state index is 0.0696. The molecule has 1 rings (SSSR count). The predicted molar refractivity (Wildman–Crippen MR) is 55.1 cm³/mol. The molecule has 0 fully saturated rings. The van der Waals surface area contributed by atoms with Crippen LogP contribution in [0.1, 0.15) is 5.56 Å². The highest BCUT2D eigenvalue weighted by Gasteiger charge is 1.97. The molecule has 0 amide bonds. The molecule has 1 atom stereocenters. The van der Waals surface area contributed by atoms with Crippen LogP contribution in [-0.2, 0) is 0 Å². The molecule has 0 radical (unpaired) electrons. The van der Waals surface area contributed by atoms with Crippen molar-refractivity contribution in [1.82, 2.24) is 0 Å². The van der Waals surface area contributed by atoms with E-state index in [0.29, 0.717) is 6.54 Å². The molecule has 0 saturated heterocycles. The summed E-state index contributed by atoms with van der Waals surface area (Å²) >= 11 is 0. The Labute approximate surface area is 78.7 Å². The maximum absolute atomic E-state index is 8.87. The number of nitrogens with two attached hydrogens (primary N) is 1. The molecule has 1 aromatic rings. The van der Waals surface area contributed by atoms with Crippen LogP contribution in [0.15, 0.2) is 36.4 Å². The van der Waals surface area contributed by atoms with Crippen LogP contribution in [0, 0.1) is 5.92 Å². The van der Waals surface area contributed by atoms with Gasteiger partial charge in [0.2, 0.25) is 0 Å². The fraction of sp³-hybridized carbons (Fsp3) is 0.273. The molecule has 1 unspecified atom stereocenters. The van der Waals surface area contributed by atoms with Crippen LogP contribution in [-0.4, -0.2) is 18.3 Å². The number of hydrogen-bond donors (Lipinski definition) is 2. The van der Waals surface area contributed by atoms with Crippen LogP contribution in [0.3, 0.4) is 0 Å². The van der Waals surface area contributed by atoms with E-state index < -0.39 is 0 Å². The summed E-state index contributed by atoms with van der Waals surface area (Å²) in [6, 6.07) is 9.97. The van der Waals surface area contributed by atoms with E-state index in [4.69, 9.17) is 10.8 Å². The van der Waals surface area contributed by atoms with Gasteiger partial charge in [-0.05, 0) is 5.56 Å². The third kappa shape index (κ3) is 3.40. The molecular weight excluding hydrogens is 162 g/mol. The van der Waals surface area contributed by atoms with Gasteiger partial charge in [-0.2, -0.15) is 0 Å². The fourth-order valence-electron chi connectivity index (χ4n) is 1.03. The number of aliphatic hydroxyl groups excluding tert-OH is 1. The highest BCUT2D eigenvalue weighted by Crippen LogP contribution is 2.04. The second-order valence-corrected chi connectivity index (χ2v) is 2.95. The first kappa shape index (κ1) is 9.96. The van der Waals surface area contributed by atoms with E-state index in [9.17, 15) is 0 Å². The van der Waals surface area contributed by atoms with E-state index >= 15 is 0 Å². The first-order valence-electron chi connectivity index (χ1n) is 4.41. The molecule has 0 bridgehead atoms. The van der Waals surface area contributed by atoms with Crippen molar-refractivity contribution in [3.63, 3.8) is 0 Å².